The molecule has 182 valence electrons. The number of nitrogens with one attached hydrogen (secondary N) is 1. The number of nitro groups is 1. The quantitative estimate of drug-likeness (QED) is 0.270. The summed E-state index contributed by atoms with van der Waals surface area (Å²) in [6, 6.07) is 15.2. The minimum Gasteiger partial charge on any atom is -0.491 e. The van der Waals surface area contributed by atoms with Gasteiger partial charge in [-0.05, 0) is 17.7 Å². The number of benzene rings is 2. The van der Waals surface area contributed by atoms with Crippen LogP contribution in [0.4, 0.5) is 11.6 Å². The van der Waals surface area contributed by atoms with Crippen molar-refractivity contribution in [3.8, 4) is 5.75 Å². The molecule has 0 aliphatic carbocycles. The molecule has 0 spiro atoms. The number of aromatic nitrogens is 4. The molecule has 35 heavy (non-hydrogen) atoms. The highest BCUT2D eigenvalue weighted by atomic mass is 16.6. The van der Waals surface area contributed by atoms with Crippen LogP contribution in [0.1, 0.15) is 5.56 Å². The fourth-order valence-corrected chi connectivity index (χ4v) is 3.74. The Bertz CT molecular complexity index is 1460. The first kappa shape index (κ1) is 23.7. The summed E-state index contributed by atoms with van der Waals surface area (Å²) in [5.74, 6) is 0.747. The Morgan fingerprint density at radius 3 is 2.51 bits per heavy atom. The van der Waals surface area contributed by atoms with Crippen LogP contribution in [0, 0.1) is 10.1 Å². The number of H-pyrrole nitrogens is 1. The summed E-state index contributed by atoms with van der Waals surface area (Å²) < 4.78 is 8.37. The molecule has 0 unspecified atom stereocenters. The Morgan fingerprint density at radius 2 is 1.86 bits per heavy atom. The van der Waals surface area contributed by atoms with E-state index >= 15 is 0 Å². The number of aromatic amines is 1. The molecule has 4 aromatic rings. The van der Waals surface area contributed by atoms with E-state index in [0.717, 1.165) is 5.56 Å². The van der Waals surface area contributed by atoms with Crippen molar-refractivity contribution in [3.05, 3.63) is 91.1 Å². The van der Waals surface area contributed by atoms with Crippen molar-refractivity contribution >= 4 is 22.8 Å². The molecule has 12 nitrogen and oxygen atoms in total. The van der Waals surface area contributed by atoms with Crippen LogP contribution in [0.15, 0.2) is 64.2 Å². The number of rotatable bonds is 9. The zero-order chi connectivity index (χ0) is 25.1. The normalized spacial score (nSPS) is 12.0. The second kappa shape index (κ2) is 9.81. The van der Waals surface area contributed by atoms with Gasteiger partial charge in [0.15, 0.2) is 11.2 Å². The summed E-state index contributed by atoms with van der Waals surface area (Å²) in [7, 11) is 3.31. The van der Waals surface area contributed by atoms with Gasteiger partial charge in [-0.25, -0.2) is 4.79 Å². The lowest BCUT2D eigenvalue weighted by Crippen LogP contribution is -2.31. The maximum Gasteiger partial charge on any atom is 0.329 e. The molecule has 0 aliphatic heterocycles. The van der Waals surface area contributed by atoms with Gasteiger partial charge in [0.25, 0.3) is 11.2 Å². The van der Waals surface area contributed by atoms with Crippen LogP contribution in [0.2, 0.25) is 0 Å². The number of fused-ring (bicyclic) bond motifs is 1. The number of aliphatic hydroxyl groups excluding tert-OH is 1. The molecule has 2 aromatic heterocycles. The molecule has 0 bridgehead atoms. The lowest BCUT2D eigenvalue weighted by molar-refractivity contribution is -0.384. The SMILES string of the molecule is CN(Cc1ccccc1)c1nc2c(c(=O)[nH]c(=O)n2C)n1C[C@@H](O)COc1ccc([N+](=O)[O-])cc1. The highest BCUT2D eigenvalue weighted by molar-refractivity contribution is 5.74. The largest absolute Gasteiger partial charge is 0.491 e. The average molecular weight is 480 g/mol. The maximum absolute atomic E-state index is 12.7. The standard InChI is InChI=1S/C23H24N6O6/c1-26(12-15-6-4-3-5-7-15)22-24-20-19(21(31)25-23(32)27(20)2)28(22)13-17(30)14-35-18-10-8-16(9-11-18)29(33)34/h3-11,17,30H,12-14H2,1-2H3,(H,25,31,32)/t17-/m1/s1. The molecule has 1 atom stereocenters. The number of imidazole rings is 1. The topological polar surface area (TPSA) is 149 Å². The van der Waals surface area contributed by atoms with Crippen LogP contribution >= 0.6 is 0 Å². The number of anilines is 1. The lowest BCUT2D eigenvalue weighted by Gasteiger charge is -2.21. The Hall–Kier alpha value is -4.45. The van der Waals surface area contributed by atoms with Crippen molar-refractivity contribution < 1.29 is 14.8 Å². The van der Waals surface area contributed by atoms with Gasteiger partial charge in [-0.2, -0.15) is 4.98 Å². The molecular weight excluding hydrogens is 456 g/mol. The number of nitro benzene ring substituents is 1. The summed E-state index contributed by atoms with van der Waals surface area (Å²) in [6.07, 6.45) is -1.05. The van der Waals surface area contributed by atoms with Crippen LogP contribution in [0.3, 0.4) is 0 Å². The van der Waals surface area contributed by atoms with Gasteiger partial charge in [-0.15, -0.1) is 0 Å². The van der Waals surface area contributed by atoms with E-state index in [4.69, 9.17) is 4.74 Å². The van der Waals surface area contributed by atoms with E-state index in [-0.39, 0.29) is 30.0 Å². The molecule has 2 aromatic carbocycles. The minimum atomic E-state index is -1.05. The molecule has 12 heteroatoms. The van der Waals surface area contributed by atoms with Crippen molar-refractivity contribution in [1.29, 1.82) is 0 Å². The van der Waals surface area contributed by atoms with E-state index in [1.807, 2.05) is 35.2 Å². The first-order valence-corrected chi connectivity index (χ1v) is 10.7. The van der Waals surface area contributed by atoms with Gasteiger partial charge in [-0.3, -0.25) is 24.5 Å². The van der Waals surface area contributed by atoms with Gasteiger partial charge in [0.2, 0.25) is 5.95 Å². The highest BCUT2D eigenvalue weighted by Crippen LogP contribution is 2.22. The Labute approximate surface area is 198 Å². The van der Waals surface area contributed by atoms with Gasteiger partial charge in [-0.1, -0.05) is 30.3 Å². The molecule has 0 radical (unpaired) electrons. The summed E-state index contributed by atoms with van der Waals surface area (Å²) in [5.41, 5.74) is 0.0793. The summed E-state index contributed by atoms with van der Waals surface area (Å²) in [4.78, 5) is 43.7. The minimum absolute atomic E-state index is 0.0424. The third-order valence-electron chi connectivity index (χ3n) is 5.47. The van der Waals surface area contributed by atoms with Crippen LogP contribution in [0.25, 0.3) is 11.2 Å². The summed E-state index contributed by atoms with van der Waals surface area (Å²) in [5, 5.41) is 21.5. The molecule has 0 saturated heterocycles. The van der Waals surface area contributed by atoms with Crippen molar-refractivity contribution in [3.63, 3.8) is 0 Å². The van der Waals surface area contributed by atoms with Gasteiger partial charge < -0.3 is 19.3 Å². The van der Waals surface area contributed by atoms with Crippen molar-refractivity contribution in [2.45, 2.75) is 19.2 Å². The zero-order valence-corrected chi connectivity index (χ0v) is 19.1. The fourth-order valence-electron chi connectivity index (χ4n) is 3.74. The number of hydrogen-bond acceptors (Lipinski definition) is 8. The number of non-ortho nitro benzene ring substituents is 1. The molecule has 0 saturated carbocycles. The highest BCUT2D eigenvalue weighted by Gasteiger charge is 2.22. The third-order valence-corrected chi connectivity index (χ3v) is 5.47. The Balaban J connectivity index is 1.62. The van der Waals surface area contributed by atoms with Crippen LogP contribution in [-0.2, 0) is 20.1 Å². The second-order valence-electron chi connectivity index (χ2n) is 8.07. The van der Waals surface area contributed by atoms with E-state index in [1.165, 1.54) is 35.9 Å². The van der Waals surface area contributed by atoms with Crippen molar-refractivity contribution in [2.75, 3.05) is 18.6 Å². The van der Waals surface area contributed by atoms with Gasteiger partial charge >= 0.3 is 5.69 Å². The van der Waals surface area contributed by atoms with Crippen LogP contribution in [0.5, 0.6) is 5.75 Å². The number of aliphatic hydroxyl groups is 1. The van der Waals surface area contributed by atoms with E-state index in [1.54, 1.807) is 11.6 Å². The average Bonchev–Trinajstić information content (AvgIpc) is 3.22. The molecule has 0 fully saturated rings. The summed E-state index contributed by atoms with van der Waals surface area (Å²) >= 11 is 0. The predicted octanol–water partition coefficient (Wildman–Crippen LogP) is 1.41. The molecule has 4 rings (SSSR count). The van der Waals surface area contributed by atoms with E-state index in [2.05, 4.69) is 9.97 Å². The van der Waals surface area contributed by atoms with Crippen LogP contribution < -0.4 is 20.9 Å². The number of ether oxygens (including phenoxy) is 1. The van der Waals surface area contributed by atoms with Gasteiger partial charge in [0, 0.05) is 32.8 Å². The van der Waals surface area contributed by atoms with E-state index < -0.39 is 22.3 Å². The van der Waals surface area contributed by atoms with Crippen molar-refractivity contribution in [1.82, 2.24) is 19.1 Å². The molecule has 0 aliphatic rings. The Kier molecular flexibility index (Phi) is 6.64. The first-order valence-electron chi connectivity index (χ1n) is 10.7. The molecule has 2 heterocycles. The van der Waals surface area contributed by atoms with E-state index in [9.17, 15) is 24.8 Å². The maximum atomic E-state index is 12.7. The second-order valence-corrected chi connectivity index (χ2v) is 8.07. The first-order chi connectivity index (χ1) is 16.7. The third kappa shape index (κ3) is 5.06. The zero-order valence-electron chi connectivity index (χ0n) is 19.1. The molecular formula is C23H24N6O6. The molecule has 2 N–H and O–H groups in total. The lowest BCUT2D eigenvalue weighted by atomic mass is 10.2. The molecule has 0 amide bonds. The smallest absolute Gasteiger partial charge is 0.329 e. The monoisotopic (exact) mass is 480 g/mol. The van der Waals surface area contributed by atoms with Crippen LogP contribution in [-0.4, -0.2) is 48.9 Å². The Morgan fingerprint density at radius 1 is 1.17 bits per heavy atom. The number of aryl methyl sites for hydroxylation is 1. The predicted molar refractivity (Wildman–Crippen MR) is 129 cm³/mol. The summed E-state index contributed by atoms with van der Waals surface area (Å²) in [6.45, 7) is 0.299. The fraction of sp³-hybridized carbons (Fsp3) is 0.261. The van der Waals surface area contributed by atoms with Gasteiger partial charge in [0.05, 0.1) is 11.5 Å². The number of hydrogen-bond donors (Lipinski definition) is 2. The van der Waals surface area contributed by atoms with Crippen molar-refractivity contribution in [2.24, 2.45) is 7.05 Å². The van der Waals surface area contributed by atoms with Gasteiger partial charge in [0.1, 0.15) is 18.5 Å². The van der Waals surface area contributed by atoms with E-state index in [0.29, 0.717) is 18.2 Å². The number of nitrogens with zero attached hydrogens (tertiary/aromatic N) is 5.